The monoisotopic (exact) mass is 1600 g/mol. The van der Waals surface area contributed by atoms with Crippen molar-refractivity contribution in [2.24, 2.45) is 29.0 Å². The van der Waals surface area contributed by atoms with E-state index in [0.717, 1.165) is 11.8 Å². The minimum absolute atomic E-state index is 0.0419. The Morgan fingerprint density at radius 1 is 0.613 bits per heavy atom. The van der Waals surface area contributed by atoms with Crippen molar-refractivity contribution < 1.29 is 81.8 Å². The summed E-state index contributed by atoms with van der Waals surface area (Å²) >= 11 is 2.55. The summed E-state index contributed by atoms with van der Waals surface area (Å²) in [5, 5.41) is 46.5. The van der Waals surface area contributed by atoms with Crippen molar-refractivity contribution in [3.8, 4) is 0 Å². The standard InChI is InChI=1S/C69H111N23O17S2/c1-38(2)24-48(65(105)84-46(60(72)100)16-23-110-9)85-66(106)50(26-43-29-73-36-78-43)82-56(97)31-77-69(109)59(39(3)4)89-61(101)40(5)80-64(104)49(25-42-28-75-45-13-11-10-12-44(42)45)86-63(103)47(14-15-54(71)95)81-51(27-70)67(107)88-58(99)33-92-21-19-91(20-22-92)18-17-74-55(96)30-76-62(102)53(35-111-37-79-41(6)94)87-68(108)52(34-93)83-57(98)32-90(7)8/h10-13,28-29,36,38-40,46-53,59,75,81,93H,14-27,30-35,37,70H2,1-9H3,(H2,71,95)(H2,72,100)(H,73,78)(H,74,96)(H,76,102)(H,77,109)(H,79,94)(H,80,104)(H,82,97)(H,83,98)(H,84,105)(H,85,106)(H,86,103)(H,87,108)(H,89,101)(H,88,99,107)/t40-,46-,47-,48-,49-,50-,51?,52-,53-,59-/m0/s1. The lowest BCUT2D eigenvalue weighted by Gasteiger charge is -2.34. The molecule has 0 radical (unpaired) electrons. The van der Waals surface area contributed by atoms with Crippen LogP contribution in [0.25, 0.3) is 10.9 Å². The number of nitrogens with one attached hydrogen (secondary N) is 16. The number of imide groups is 1. The number of rotatable bonds is 50. The Kier molecular flexibility index (Phi) is 41.1. The highest BCUT2D eigenvalue weighted by Crippen LogP contribution is 2.20. The van der Waals surface area contributed by atoms with E-state index in [0.29, 0.717) is 60.6 Å². The van der Waals surface area contributed by atoms with Gasteiger partial charge < -0.3 is 101 Å². The number of benzene rings is 1. The molecule has 111 heavy (non-hydrogen) atoms. The van der Waals surface area contributed by atoms with E-state index in [1.54, 1.807) is 68.2 Å². The number of aromatic nitrogens is 3. The highest BCUT2D eigenvalue weighted by Gasteiger charge is 2.36. The number of likely N-dealkylation sites (N-methyl/N-ethyl adjacent to an activating group) is 1. The van der Waals surface area contributed by atoms with E-state index >= 15 is 0 Å². The topological polar surface area (TPSA) is 594 Å². The van der Waals surface area contributed by atoms with Crippen molar-refractivity contribution in [1.29, 1.82) is 0 Å². The smallest absolute Gasteiger partial charge is 0.245 e. The van der Waals surface area contributed by atoms with Crippen molar-refractivity contribution >= 4 is 129 Å². The Bertz CT molecular complexity index is 3630. The molecule has 42 heteroatoms. The molecule has 23 N–H and O–H groups in total. The lowest BCUT2D eigenvalue weighted by atomic mass is 10.0. The molecule has 16 amide bonds. The third kappa shape index (κ3) is 34.5. The number of nitrogens with two attached hydrogens (primary N) is 3. The summed E-state index contributed by atoms with van der Waals surface area (Å²) in [6.07, 6.45) is 5.65. The Morgan fingerprint density at radius 2 is 1.22 bits per heavy atom. The Morgan fingerprint density at radius 3 is 1.84 bits per heavy atom. The number of aliphatic hydroxyl groups excluding tert-OH is 1. The highest BCUT2D eigenvalue weighted by atomic mass is 32.2. The summed E-state index contributed by atoms with van der Waals surface area (Å²) in [4.78, 5) is 228. The van der Waals surface area contributed by atoms with Gasteiger partial charge in [-0.2, -0.15) is 11.8 Å². The molecule has 1 aliphatic rings. The maximum absolute atomic E-state index is 14.5. The van der Waals surface area contributed by atoms with Gasteiger partial charge >= 0.3 is 0 Å². The molecule has 2 aromatic heterocycles. The molecule has 1 aromatic carbocycles. The number of thioether (sulfide) groups is 2. The van der Waals surface area contributed by atoms with E-state index in [4.69, 9.17) is 17.2 Å². The summed E-state index contributed by atoms with van der Waals surface area (Å²) in [5.41, 5.74) is 18.9. The van der Waals surface area contributed by atoms with Crippen LogP contribution in [0.4, 0.5) is 0 Å². The number of aromatic amines is 2. The van der Waals surface area contributed by atoms with Gasteiger partial charge in [-0.3, -0.25) is 97.1 Å². The van der Waals surface area contributed by atoms with Crippen molar-refractivity contribution in [2.75, 3.05) is 116 Å². The average Bonchev–Trinajstić information content (AvgIpc) is 1.69. The van der Waals surface area contributed by atoms with Gasteiger partial charge in [0, 0.05) is 107 Å². The van der Waals surface area contributed by atoms with E-state index in [-0.39, 0.29) is 75.2 Å². The van der Waals surface area contributed by atoms with Crippen LogP contribution in [0.1, 0.15) is 78.5 Å². The maximum Gasteiger partial charge on any atom is 0.245 e. The molecule has 1 aliphatic heterocycles. The minimum Gasteiger partial charge on any atom is -0.394 e. The van der Waals surface area contributed by atoms with Crippen molar-refractivity contribution in [1.82, 2.24) is 104 Å². The van der Waals surface area contributed by atoms with Crippen LogP contribution in [0.5, 0.6) is 0 Å². The number of carbonyl (C=O) groups excluding carboxylic acids is 16. The van der Waals surface area contributed by atoms with Gasteiger partial charge in [0.15, 0.2) is 0 Å². The Balaban J connectivity index is 1.36. The molecule has 616 valence electrons. The molecule has 0 aliphatic carbocycles. The SMILES string of the molecule is CSCC[C@H](NC(=O)[C@H](CC(C)C)NC(=O)[C@H](Cc1cnc[nH]1)NC(=O)CNC(=O)[C@@H](NC(=O)[C@H](C)NC(=O)[C@H](Cc1c[nH]c2ccccc12)NC(=O)[C@H](CCC(N)=O)NC(CN)C(=O)NC(=O)CN1CCN(CCNC(=O)CNC(=O)[C@H](CSCNC(C)=O)NC(=O)[C@H](CO)NC(=O)CN(C)C)CC1)C(C)C)C(N)=O. The minimum atomic E-state index is -1.47. The first-order valence-electron chi connectivity index (χ1n) is 36.3. The van der Waals surface area contributed by atoms with Gasteiger partial charge in [-0.15, -0.1) is 11.8 Å². The van der Waals surface area contributed by atoms with E-state index in [2.05, 4.69) is 89.4 Å². The molecule has 1 fully saturated rings. The zero-order valence-corrected chi connectivity index (χ0v) is 65.8. The van der Waals surface area contributed by atoms with Crippen molar-refractivity contribution in [3.63, 3.8) is 0 Å². The summed E-state index contributed by atoms with van der Waals surface area (Å²) < 4.78 is 0. The van der Waals surface area contributed by atoms with Crippen molar-refractivity contribution in [3.05, 3.63) is 54.2 Å². The number of imidazole rings is 1. The van der Waals surface area contributed by atoms with E-state index in [1.807, 2.05) is 25.0 Å². The second-order valence-electron chi connectivity index (χ2n) is 27.6. The lowest BCUT2D eigenvalue weighted by molar-refractivity contribution is -0.135. The number of para-hydroxylation sites is 1. The fourth-order valence-corrected chi connectivity index (χ4v) is 12.6. The van der Waals surface area contributed by atoms with Gasteiger partial charge in [-0.25, -0.2) is 4.98 Å². The molecule has 0 saturated carbocycles. The van der Waals surface area contributed by atoms with Crippen LogP contribution in [0.2, 0.25) is 0 Å². The van der Waals surface area contributed by atoms with E-state index in [9.17, 15) is 81.8 Å². The predicted octanol–water partition coefficient (Wildman–Crippen LogP) is -7.94. The molecule has 10 atom stereocenters. The van der Waals surface area contributed by atoms with Crippen LogP contribution in [0.15, 0.2) is 43.0 Å². The number of carbonyl (C=O) groups is 16. The number of piperazine rings is 1. The van der Waals surface area contributed by atoms with Gasteiger partial charge in [0.25, 0.3) is 0 Å². The first-order chi connectivity index (χ1) is 52.6. The summed E-state index contributed by atoms with van der Waals surface area (Å²) in [6, 6.07) is -5.99. The number of nitrogens with zero attached hydrogens (tertiary/aromatic N) is 4. The molecular formula is C69H111N23O17S2. The third-order valence-electron chi connectivity index (χ3n) is 17.2. The largest absolute Gasteiger partial charge is 0.394 e. The number of hydrogen-bond acceptors (Lipinski definition) is 25. The number of H-pyrrole nitrogens is 2. The van der Waals surface area contributed by atoms with Crippen LogP contribution >= 0.6 is 23.5 Å². The predicted molar refractivity (Wildman–Crippen MR) is 412 cm³/mol. The number of fused-ring (bicyclic) bond motifs is 1. The maximum atomic E-state index is 14.5. The second-order valence-corrected chi connectivity index (χ2v) is 29.6. The average molecular weight is 1600 g/mol. The van der Waals surface area contributed by atoms with Gasteiger partial charge in [0.2, 0.25) is 94.5 Å². The van der Waals surface area contributed by atoms with Gasteiger partial charge in [-0.05, 0) is 75.8 Å². The lowest BCUT2D eigenvalue weighted by Crippen LogP contribution is -2.61. The fourth-order valence-electron chi connectivity index (χ4n) is 11.2. The molecule has 1 unspecified atom stereocenters. The van der Waals surface area contributed by atoms with Crippen LogP contribution in [-0.2, 0) is 89.6 Å². The van der Waals surface area contributed by atoms with Crippen LogP contribution in [0.3, 0.4) is 0 Å². The normalized spacial score (nSPS) is 15.1. The van der Waals surface area contributed by atoms with E-state index < -0.39 is 188 Å². The fraction of sp³-hybridized carbons (Fsp3) is 0.609. The van der Waals surface area contributed by atoms with Crippen LogP contribution < -0.4 is 91.6 Å². The molecule has 3 heterocycles. The first kappa shape index (κ1) is 93.5. The van der Waals surface area contributed by atoms with Gasteiger partial charge in [-0.1, -0.05) is 45.9 Å². The summed E-state index contributed by atoms with van der Waals surface area (Å²) in [5.74, 6) is -12.1. The molecular weight excluding hydrogens is 1490 g/mol. The first-order valence-corrected chi connectivity index (χ1v) is 38.8. The van der Waals surface area contributed by atoms with E-state index in [1.165, 1.54) is 38.1 Å². The number of hydrogen-bond donors (Lipinski definition) is 20. The zero-order valence-electron chi connectivity index (χ0n) is 64.1. The van der Waals surface area contributed by atoms with Crippen LogP contribution in [0, 0.1) is 11.8 Å². The number of amides is 16. The summed E-state index contributed by atoms with van der Waals surface area (Å²) in [6.45, 7) is 9.01. The molecule has 1 saturated heterocycles. The molecule has 4 rings (SSSR count). The van der Waals surface area contributed by atoms with Crippen molar-refractivity contribution in [2.45, 2.75) is 140 Å². The zero-order chi connectivity index (χ0) is 82.4. The quantitative estimate of drug-likeness (QED) is 0.0184. The summed E-state index contributed by atoms with van der Waals surface area (Å²) in [7, 11) is 3.27. The second kappa shape index (κ2) is 48.7. The number of primary amides is 2. The Hall–Kier alpha value is -9.85. The molecule has 0 bridgehead atoms. The number of aliphatic hydroxyl groups is 1. The van der Waals surface area contributed by atoms with Crippen LogP contribution in [-0.4, -0.2) is 306 Å². The third-order valence-corrected chi connectivity index (χ3v) is 18.8. The molecule has 0 spiro atoms. The van der Waals surface area contributed by atoms with Gasteiger partial charge in [0.05, 0.1) is 51.0 Å². The highest BCUT2D eigenvalue weighted by molar-refractivity contribution is 7.99. The Labute approximate surface area is 652 Å². The molecule has 3 aromatic rings. The van der Waals surface area contributed by atoms with Gasteiger partial charge in [0.1, 0.15) is 54.4 Å². The molecule has 40 nitrogen and oxygen atoms in total.